The summed E-state index contributed by atoms with van der Waals surface area (Å²) in [6.07, 6.45) is 2.80. The zero-order valence-electron chi connectivity index (χ0n) is 24.2. The van der Waals surface area contributed by atoms with Crippen molar-refractivity contribution in [2.24, 2.45) is 5.92 Å². The number of carbonyl (C=O) groups excluding carboxylic acids is 2. The molecule has 0 radical (unpaired) electrons. The van der Waals surface area contributed by atoms with Crippen molar-refractivity contribution < 1.29 is 27.2 Å². The molecule has 0 atom stereocenters. The van der Waals surface area contributed by atoms with Crippen molar-refractivity contribution in [2.75, 3.05) is 13.1 Å². The van der Waals surface area contributed by atoms with E-state index in [-0.39, 0.29) is 42.3 Å². The molecule has 9 heteroatoms. The molecule has 1 aliphatic rings. The number of alkyl halides is 3. The van der Waals surface area contributed by atoms with Crippen molar-refractivity contribution in [1.82, 2.24) is 14.4 Å². The molecular weight excluding hydrogens is 546 g/mol. The van der Waals surface area contributed by atoms with Crippen molar-refractivity contribution >= 4 is 11.8 Å². The Bertz CT molecular complexity index is 1330. The quantitative estimate of drug-likeness (QED) is 0.218. The maximum atomic E-state index is 14.0. The molecule has 4 rings (SSSR count). The summed E-state index contributed by atoms with van der Waals surface area (Å²) in [5.41, 5.74) is 0.861. The summed E-state index contributed by atoms with van der Waals surface area (Å²) in [5.74, 6) is -0.873. The summed E-state index contributed by atoms with van der Waals surface area (Å²) in [4.78, 5) is 30.8. The lowest BCUT2D eigenvalue weighted by atomic mass is 9.94. The average molecular weight is 586 g/mol. The third-order valence-corrected chi connectivity index (χ3v) is 7.88. The van der Waals surface area contributed by atoms with Gasteiger partial charge in [0.1, 0.15) is 12.4 Å². The van der Waals surface area contributed by atoms with Crippen LogP contribution in [0.5, 0.6) is 0 Å². The summed E-state index contributed by atoms with van der Waals surface area (Å²) in [7, 11) is 0. The van der Waals surface area contributed by atoms with Crippen molar-refractivity contribution in [2.45, 2.75) is 77.7 Å². The fourth-order valence-corrected chi connectivity index (χ4v) is 5.45. The van der Waals surface area contributed by atoms with Gasteiger partial charge in [0.25, 0.3) is 5.91 Å². The highest BCUT2D eigenvalue weighted by Crippen LogP contribution is 2.30. The van der Waals surface area contributed by atoms with E-state index >= 15 is 0 Å². The summed E-state index contributed by atoms with van der Waals surface area (Å²) in [6, 6.07) is 14.6. The van der Waals surface area contributed by atoms with E-state index < -0.39 is 17.6 Å². The number of halogens is 4. The van der Waals surface area contributed by atoms with E-state index in [9.17, 15) is 27.2 Å². The predicted molar refractivity (Wildman–Crippen MR) is 154 cm³/mol. The maximum Gasteiger partial charge on any atom is 0.416 e. The summed E-state index contributed by atoms with van der Waals surface area (Å²) in [5, 5.41) is 0. The van der Waals surface area contributed by atoms with E-state index in [2.05, 4.69) is 0 Å². The molecule has 1 aromatic heterocycles. The normalized spacial score (nSPS) is 14.3. The van der Waals surface area contributed by atoms with E-state index in [0.717, 1.165) is 55.5 Å². The van der Waals surface area contributed by atoms with Crippen molar-refractivity contribution in [3.05, 3.63) is 95.1 Å². The zero-order valence-corrected chi connectivity index (χ0v) is 24.2. The lowest BCUT2D eigenvalue weighted by molar-refractivity contribution is -0.138. The monoisotopic (exact) mass is 585 g/mol. The molecule has 0 spiro atoms. The highest BCUT2D eigenvalue weighted by molar-refractivity contribution is 5.96. The van der Waals surface area contributed by atoms with E-state index in [1.807, 2.05) is 41.6 Å². The molecule has 0 saturated heterocycles. The molecule has 1 heterocycles. The van der Waals surface area contributed by atoms with Crippen LogP contribution in [0.25, 0.3) is 0 Å². The fourth-order valence-electron chi connectivity index (χ4n) is 5.45. The third-order valence-electron chi connectivity index (χ3n) is 7.88. The third kappa shape index (κ3) is 8.46. The maximum absolute atomic E-state index is 14.0. The van der Waals surface area contributed by atoms with E-state index in [1.165, 1.54) is 29.2 Å². The molecule has 0 aliphatic heterocycles. The molecule has 5 nitrogen and oxygen atoms in total. The van der Waals surface area contributed by atoms with Gasteiger partial charge in [-0.15, -0.1) is 0 Å². The average Bonchev–Trinajstić information content (AvgIpc) is 3.41. The van der Waals surface area contributed by atoms with Crippen LogP contribution in [0, 0.1) is 11.7 Å². The second kappa shape index (κ2) is 14.0. The smallest absolute Gasteiger partial charge is 0.345 e. The van der Waals surface area contributed by atoms with Crippen LogP contribution < -0.4 is 0 Å². The molecule has 0 N–H and O–H groups in total. The minimum Gasteiger partial charge on any atom is -0.345 e. The highest BCUT2D eigenvalue weighted by atomic mass is 19.4. The van der Waals surface area contributed by atoms with Gasteiger partial charge < -0.3 is 14.4 Å². The molecule has 0 bridgehead atoms. The number of nitrogens with zero attached hydrogens (tertiary/aromatic N) is 3. The first-order chi connectivity index (χ1) is 20.0. The first kappa shape index (κ1) is 31.3. The van der Waals surface area contributed by atoms with E-state index in [4.69, 9.17) is 0 Å². The van der Waals surface area contributed by atoms with Crippen LogP contribution >= 0.6 is 0 Å². The van der Waals surface area contributed by atoms with Gasteiger partial charge in [-0.3, -0.25) is 9.59 Å². The Kier molecular flexibility index (Phi) is 10.5. The number of hydrogen-bond acceptors (Lipinski definition) is 2. The van der Waals surface area contributed by atoms with Gasteiger partial charge in [0.05, 0.1) is 12.1 Å². The standard InChI is InChI=1S/C33H39F4N3O2/c1-24(2)17-19-39(32(42)26-8-6-9-27(20-26)33(35,36)37)23-31(41)40(29-10-4-3-5-11-29)22-30-12-7-18-38(30)21-25-13-15-28(34)16-14-25/h6-9,12-16,18,20,24,29H,3-5,10-11,17,19,21-23H2,1-2H3. The Balaban J connectivity index is 1.57. The van der Waals surface area contributed by atoms with Crippen LogP contribution in [0.15, 0.2) is 66.9 Å². The topological polar surface area (TPSA) is 45.6 Å². The number of benzene rings is 2. The van der Waals surface area contributed by atoms with Crippen LogP contribution in [0.1, 0.15) is 79.6 Å². The van der Waals surface area contributed by atoms with Crippen LogP contribution in [-0.4, -0.2) is 45.3 Å². The lowest BCUT2D eigenvalue weighted by Crippen LogP contribution is -2.48. The number of carbonyl (C=O) groups is 2. The van der Waals surface area contributed by atoms with Gasteiger partial charge in [0.15, 0.2) is 0 Å². The first-order valence-electron chi connectivity index (χ1n) is 14.7. The molecule has 42 heavy (non-hydrogen) atoms. The van der Waals surface area contributed by atoms with Gasteiger partial charge in [-0.2, -0.15) is 13.2 Å². The fraction of sp³-hybridized carbons (Fsp3) is 0.455. The molecule has 1 saturated carbocycles. The Morgan fingerprint density at radius 1 is 0.976 bits per heavy atom. The molecule has 2 amide bonds. The second-order valence-corrected chi connectivity index (χ2v) is 11.6. The van der Waals surface area contributed by atoms with E-state index in [0.29, 0.717) is 19.5 Å². The number of rotatable bonds is 11. The Morgan fingerprint density at radius 2 is 1.69 bits per heavy atom. The largest absolute Gasteiger partial charge is 0.416 e. The predicted octanol–water partition coefficient (Wildman–Crippen LogP) is 7.54. The molecule has 226 valence electrons. The van der Waals surface area contributed by atoms with E-state index in [1.54, 1.807) is 12.1 Å². The summed E-state index contributed by atoms with van der Waals surface area (Å²) in [6.45, 7) is 4.91. The zero-order chi connectivity index (χ0) is 30.3. The molecule has 0 unspecified atom stereocenters. The van der Waals surface area contributed by atoms with Gasteiger partial charge in [0.2, 0.25) is 5.91 Å². The van der Waals surface area contributed by atoms with Crippen LogP contribution in [0.4, 0.5) is 17.6 Å². The summed E-state index contributed by atoms with van der Waals surface area (Å²) < 4.78 is 55.6. The first-order valence-corrected chi connectivity index (χ1v) is 14.7. The van der Waals surface area contributed by atoms with Gasteiger partial charge >= 0.3 is 6.18 Å². The minimum absolute atomic E-state index is 0.0102. The van der Waals surface area contributed by atoms with Crippen LogP contribution in [0.3, 0.4) is 0 Å². The van der Waals surface area contributed by atoms with Crippen molar-refractivity contribution in [1.29, 1.82) is 0 Å². The molecule has 3 aromatic rings. The highest BCUT2D eigenvalue weighted by Gasteiger charge is 2.33. The lowest BCUT2D eigenvalue weighted by Gasteiger charge is -2.36. The minimum atomic E-state index is -4.57. The van der Waals surface area contributed by atoms with Gasteiger partial charge in [-0.1, -0.05) is 51.3 Å². The Morgan fingerprint density at radius 3 is 2.36 bits per heavy atom. The van der Waals surface area contributed by atoms with Crippen LogP contribution in [0.2, 0.25) is 0 Å². The summed E-state index contributed by atoms with van der Waals surface area (Å²) >= 11 is 0. The Labute approximate surface area is 245 Å². The molecule has 2 aromatic carbocycles. The van der Waals surface area contributed by atoms with Gasteiger partial charge in [-0.25, -0.2) is 4.39 Å². The van der Waals surface area contributed by atoms with Crippen molar-refractivity contribution in [3.63, 3.8) is 0 Å². The van der Waals surface area contributed by atoms with Crippen LogP contribution in [-0.2, 0) is 24.1 Å². The Hall–Kier alpha value is -3.62. The molecule has 1 aliphatic carbocycles. The van der Waals surface area contributed by atoms with Gasteiger partial charge in [0, 0.05) is 36.6 Å². The number of amides is 2. The number of aromatic nitrogens is 1. The van der Waals surface area contributed by atoms with Gasteiger partial charge in [-0.05, 0) is 73.2 Å². The number of hydrogen-bond donors (Lipinski definition) is 0. The molecule has 1 fully saturated rings. The second-order valence-electron chi connectivity index (χ2n) is 11.6. The SMILES string of the molecule is CC(C)CCN(CC(=O)N(Cc1cccn1Cc1ccc(F)cc1)C1CCCCC1)C(=O)c1cccc(C(F)(F)F)c1. The van der Waals surface area contributed by atoms with Crippen molar-refractivity contribution in [3.8, 4) is 0 Å². The molecular formula is C33H39F4N3O2.